The molecule has 2 unspecified atom stereocenters. The van der Waals surface area contributed by atoms with Crippen molar-refractivity contribution in [2.24, 2.45) is 17.6 Å². The highest BCUT2D eigenvalue weighted by molar-refractivity contribution is 5.74. The number of para-hydroxylation sites is 2. The summed E-state index contributed by atoms with van der Waals surface area (Å²) in [7, 11) is 0. The maximum absolute atomic E-state index is 5.63. The molecular formula is C13H17N3. The molecule has 0 radical (unpaired) electrons. The molecule has 3 N–H and O–H groups in total. The SMILES string of the molecule is NCC1CC1CCc1nc2ccccc2[nH]1. The summed E-state index contributed by atoms with van der Waals surface area (Å²) in [6.07, 6.45) is 3.59. The summed E-state index contributed by atoms with van der Waals surface area (Å²) < 4.78 is 0. The van der Waals surface area contributed by atoms with Gasteiger partial charge in [-0.1, -0.05) is 12.1 Å². The van der Waals surface area contributed by atoms with E-state index < -0.39 is 0 Å². The van der Waals surface area contributed by atoms with E-state index in [2.05, 4.69) is 22.1 Å². The summed E-state index contributed by atoms with van der Waals surface area (Å²) in [6, 6.07) is 8.19. The van der Waals surface area contributed by atoms with Gasteiger partial charge < -0.3 is 10.7 Å². The number of hydrogen-bond acceptors (Lipinski definition) is 2. The maximum atomic E-state index is 5.63. The third-order valence-electron chi connectivity index (χ3n) is 3.56. The van der Waals surface area contributed by atoms with Crippen LogP contribution in [0.2, 0.25) is 0 Å². The fourth-order valence-electron chi connectivity index (χ4n) is 2.40. The second kappa shape index (κ2) is 3.91. The van der Waals surface area contributed by atoms with E-state index in [0.717, 1.165) is 41.7 Å². The molecule has 1 aliphatic rings. The Bertz CT molecular complexity index is 456. The first kappa shape index (κ1) is 9.85. The third kappa shape index (κ3) is 1.83. The molecule has 3 rings (SSSR count). The van der Waals surface area contributed by atoms with E-state index in [-0.39, 0.29) is 0 Å². The fraction of sp³-hybridized carbons (Fsp3) is 0.462. The Morgan fingerprint density at radius 3 is 2.94 bits per heavy atom. The molecule has 1 aliphatic carbocycles. The number of aryl methyl sites for hydroxylation is 1. The molecule has 0 saturated heterocycles. The van der Waals surface area contributed by atoms with Crippen LogP contribution in [0.3, 0.4) is 0 Å². The van der Waals surface area contributed by atoms with Crippen molar-refractivity contribution in [3.8, 4) is 0 Å². The van der Waals surface area contributed by atoms with Gasteiger partial charge in [0.15, 0.2) is 0 Å². The highest BCUT2D eigenvalue weighted by Gasteiger charge is 2.34. The molecular weight excluding hydrogens is 198 g/mol. The molecule has 0 spiro atoms. The van der Waals surface area contributed by atoms with Crippen LogP contribution < -0.4 is 5.73 Å². The standard InChI is InChI=1S/C13H17N3/c14-8-10-7-9(10)5-6-13-15-11-3-1-2-4-12(11)16-13/h1-4,9-10H,5-8,14H2,(H,15,16). The minimum atomic E-state index is 0.782. The van der Waals surface area contributed by atoms with Crippen LogP contribution in [-0.2, 0) is 6.42 Å². The average Bonchev–Trinajstić information content (AvgIpc) is 2.95. The lowest BCUT2D eigenvalue weighted by molar-refractivity contribution is 0.638. The number of imidazole rings is 1. The first-order valence-corrected chi connectivity index (χ1v) is 6.00. The number of nitrogens with two attached hydrogens (primary N) is 1. The first-order chi connectivity index (χ1) is 7.86. The average molecular weight is 215 g/mol. The molecule has 3 heteroatoms. The van der Waals surface area contributed by atoms with Gasteiger partial charge in [-0.25, -0.2) is 4.98 Å². The van der Waals surface area contributed by atoms with Crippen LogP contribution in [0.15, 0.2) is 24.3 Å². The Kier molecular flexibility index (Phi) is 2.40. The van der Waals surface area contributed by atoms with Crippen molar-refractivity contribution in [3.63, 3.8) is 0 Å². The van der Waals surface area contributed by atoms with Crippen molar-refractivity contribution in [1.82, 2.24) is 9.97 Å². The van der Waals surface area contributed by atoms with Gasteiger partial charge in [-0.3, -0.25) is 0 Å². The molecule has 1 fully saturated rings. The van der Waals surface area contributed by atoms with Crippen LogP contribution in [0, 0.1) is 11.8 Å². The van der Waals surface area contributed by atoms with Gasteiger partial charge in [-0.15, -0.1) is 0 Å². The van der Waals surface area contributed by atoms with Crippen molar-refractivity contribution in [3.05, 3.63) is 30.1 Å². The van der Waals surface area contributed by atoms with E-state index in [1.807, 2.05) is 12.1 Å². The zero-order chi connectivity index (χ0) is 11.0. The van der Waals surface area contributed by atoms with Gasteiger partial charge in [0.25, 0.3) is 0 Å². The van der Waals surface area contributed by atoms with Crippen LogP contribution in [0.1, 0.15) is 18.7 Å². The first-order valence-electron chi connectivity index (χ1n) is 6.00. The molecule has 84 valence electrons. The lowest BCUT2D eigenvalue weighted by Crippen LogP contribution is -2.03. The van der Waals surface area contributed by atoms with Crippen LogP contribution in [-0.4, -0.2) is 16.5 Å². The van der Waals surface area contributed by atoms with Crippen molar-refractivity contribution in [2.75, 3.05) is 6.54 Å². The van der Waals surface area contributed by atoms with E-state index in [0.29, 0.717) is 0 Å². The second-order valence-electron chi connectivity index (χ2n) is 4.73. The number of nitrogens with one attached hydrogen (secondary N) is 1. The highest BCUT2D eigenvalue weighted by Crippen LogP contribution is 2.40. The summed E-state index contributed by atoms with van der Waals surface area (Å²) in [4.78, 5) is 7.95. The van der Waals surface area contributed by atoms with Crippen LogP contribution in [0.4, 0.5) is 0 Å². The molecule has 3 nitrogen and oxygen atoms in total. The van der Waals surface area contributed by atoms with Crippen molar-refractivity contribution >= 4 is 11.0 Å². The third-order valence-corrected chi connectivity index (χ3v) is 3.56. The highest BCUT2D eigenvalue weighted by atomic mass is 14.9. The number of rotatable bonds is 4. The number of H-pyrrole nitrogens is 1. The van der Waals surface area contributed by atoms with Crippen LogP contribution >= 0.6 is 0 Å². The molecule has 1 aromatic heterocycles. The topological polar surface area (TPSA) is 54.7 Å². The summed E-state index contributed by atoms with van der Waals surface area (Å²) in [5, 5.41) is 0. The molecule has 2 aromatic rings. The second-order valence-corrected chi connectivity index (χ2v) is 4.73. The van der Waals surface area contributed by atoms with Crippen molar-refractivity contribution in [2.45, 2.75) is 19.3 Å². The fourth-order valence-corrected chi connectivity index (χ4v) is 2.40. The van der Waals surface area contributed by atoms with Crippen molar-refractivity contribution < 1.29 is 0 Å². The normalized spacial score (nSPS) is 23.8. The van der Waals surface area contributed by atoms with Gasteiger partial charge in [-0.05, 0) is 43.4 Å². The number of nitrogens with zero attached hydrogens (tertiary/aromatic N) is 1. The quantitative estimate of drug-likeness (QED) is 0.820. The largest absolute Gasteiger partial charge is 0.342 e. The lowest BCUT2D eigenvalue weighted by atomic mass is 10.2. The Morgan fingerprint density at radius 2 is 2.19 bits per heavy atom. The minimum absolute atomic E-state index is 0.782. The molecule has 1 aromatic carbocycles. The van der Waals surface area contributed by atoms with E-state index in [1.54, 1.807) is 0 Å². The van der Waals surface area contributed by atoms with E-state index in [9.17, 15) is 0 Å². The Balaban J connectivity index is 1.66. The Hall–Kier alpha value is -1.35. The van der Waals surface area contributed by atoms with E-state index in [4.69, 9.17) is 5.73 Å². The summed E-state index contributed by atoms with van der Waals surface area (Å²) in [5.41, 5.74) is 7.85. The monoisotopic (exact) mass is 215 g/mol. The number of aromatic amines is 1. The van der Waals surface area contributed by atoms with Gasteiger partial charge in [0.05, 0.1) is 11.0 Å². The molecule has 1 heterocycles. The molecule has 1 saturated carbocycles. The van der Waals surface area contributed by atoms with Crippen LogP contribution in [0.5, 0.6) is 0 Å². The number of aromatic nitrogens is 2. The summed E-state index contributed by atoms with van der Waals surface area (Å²) in [6.45, 7) is 0.852. The minimum Gasteiger partial charge on any atom is -0.342 e. The molecule has 0 bridgehead atoms. The van der Waals surface area contributed by atoms with Gasteiger partial charge in [0.1, 0.15) is 5.82 Å². The number of benzene rings is 1. The smallest absolute Gasteiger partial charge is 0.107 e. The van der Waals surface area contributed by atoms with Gasteiger partial charge in [0.2, 0.25) is 0 Å². The van der Waals surface area contributed by atoms with E-state index in [1.165, 1.54) is 12.8 Å². The lowest BCUT2D eigenvalue weighted by Gasteiger charge is -1.95. The van der Waals surface area contributed by atoms with Gasteiger partial charge in [0, 0.05) is 6.42 Å². The molecule has 16 heavy (non-hydrogen) atoms. The summed E-state index contributed by atoms with van der Waals surface area (Å²) in [5.74, 6) is 2.74. The molecule has 2 atom stereocenters. The zero-order valence-electron chi connectivity index (χ0n) is 9.32. The maximum Gasteiger partial charge on any atom is 0.107 e. The summed E-state index contributed by atoms with van der Waals surface area (Å²) >= 11 is 0. The van der Waals surface area contributed by atoms with Crippen LogP contribution in [0.25, 0.3) is 11.0 Å². The number of fused-ring (bicyclic) bond motifs is 1. The number of hydrogen-bond donors (Lipinski definition) is 2. The van der Waals surface area contributed by atoms with Gasteiger partial charge in [-0.2, -0.15) is 0 Å². The Labute approximate surface area is 95.1 Å². The van der Waals surface area contributed by atoms with Gasteiger partial charge >= 0.3 is 0 Å². The molecule has 0 aliphatic heterocycles. The predicted octanol–water partition coefficient (Wildman–Crippen LogP) is 2.09. The van der Waals surface area contributed by atoms with E-state index >= 15 is 0 Å². The molecule has 0 amide bonds. The van der Waals surface area contributed by atoms with Crippen molar-refractivity contribution in [1.29, 1.82) is 0 Å². The predicted molar refractivity (Wildman–Crippen MR) is 65.1 cm³/mol. The Morgan fingerprint density at radius 1 is 1.31 bits per heavy atom. The zero-order valence-corrected chi connectivity index (χ0v) is 9.32.